The summed E-state index contributed by atoms with van der Waals surface area (Å²) < 4.78 is 27.4. The molecule has 3 saturated heterocycles. The van der Waals surface area contributed by atoms with Crippen LogP contribution >= 0.6 is 0 Å². The molecule has 0 radical (unpaired) electrons. The Morgan fingerprint density at radius 2 is 1.84 bits per heavy atom. The van der Waals surface area contributed by atoms with E-state index in [0.717, 1.165) is 50.6 Å². The number of rotatable bonds is 11. The highest BCUT2D eigenvalue weighted by Gasteiger charge is 2.46. The number of alkyl halides is 1. The Hall–Kier alpha value is -4.73. The summed E-state index contributed by atoms with van der Waals surface area (Å²) in [5.41, 5.74) is 5.27. The van der Waals surface area contributed by atoms with Crippen LogP contribution in [0.25, 0.3) is 11.4 Å². The van der Waals surface area contributed by atoms with E-state index in [4.69, 9.17) is 15.3 Å². The summed E-state index contributed by atoms with van der Waals surface area (Å²) in [4.78, 5) is 32.7. The van der Waals surface area contributed by atoms with Gasteiger partial charge in [0, 0.05) is 75.4 Å². The highest BCUT2D eigenvalue weighted by molar-refractivity contribution is 5.92. The number of hydrazine groups is 1. The van der Waals surface area contributed by atoms with Crippen LogP contribution in [-0.4, -0.2) is 116 Å². The second-order valence-electron chi connectivity index (χ2n) is 13.2. The molecular weight excluding hydrogens is 629 g/mol. The van der Waals surface area contributed by atoms with E-state index in [1.807, 2.05) is 38.1 Å². The first kappa shape index (κ1) is 34.1. The minimum absolute atomic E-state index is 0.125. The number of carbonyl (C=O) groups is 1. The molecule has 15 heteroatoms. The molecule has 4 heterocycles. The monoisotopic (exact) mass is 675 g/mol. The van der Waals surface area contributed by atoms with Crippen LogP contribution in [0.1, 0.15) is 13.8 Å². The van der Waals surface area contributed by atoms with Crippen molar-refractivity contribution in [1.82, 2.24) is 35.5 Å². The van der Waals surface area contributed by atoms with Gasteiger partial charge in [-0.05, 0) is 42.5 Å². The summed E-state index contributed by atoms with van der Waals surface area (Å²) in [7, 11) is 3.43. The molecule has 6 rings (SSSR count). The largest absolute Gasteiger partial charge is 0.485 e. The smallest absolute Gasteiger partial charge is 0.272 e. The van der Waals surface area contributed by atoms with E-state index in [1.54, 1.807) is 20.2 Å². The third-order valence-electron chi connectivity index (χ3n) is 9.33. The number of nitrogens with one attached hydrogen (secondary N) is 4. The first-order valence-electron chi connectivity index (χ1n) is 16.6. The van der Waals surface area contributed by atoms with Crippen molar-refractivity contribution in [3.63, 3.8) is 0 Å². The topological polar surface area (TPSA) is 158 Å². The van der Waals surface area contributed by atoms with E-state index in [0.29, 0.717) is 29.3 Å². The molecule has 0 saturated carbocycles. The number of ether oxygens (including phenoxy) is 2. The lowest BCUT2D eigenvalue weighted by molar-refractivity contribution is -0.138. The number of hydrogen-bond acceptors (Lipinski definition) is 13. The van der Waals surface area contributed by atoms with E-state index in [-0.39, 0.29) is 24.7 Å². The summed E-state index contributed by atoms with van der Waals surface area (Å²) in [6.07, 6.45) is 0.681. The predicted molar refractivity (Wildman–Crippen MR) is 187 cm³/mol. The van der Waals surface area contributed by atoms with Gasteiger partial charge in [0.1, 0.15) is 23.9 Å². The number of anilines is 4. The molecule has 3 aromatic rings. The number of hydrogen-bond donors (Lipinski definition) is 5. The van der Waals surface area contributed by atoms with Crippen molar-refractivity contribution in [2.45, 2.75) is 32.2 Å². The molecule has 3 aliphatic rings. The van der Waals surface area contributed by atoms with Crippen LogP contribution in [0.15, 0.2) is 60.7 Å². The van der Waals surface area contributed by atoms with Gasteiger partial charge < -0.3 is 40.6 Å². The van der Waals surface area contributed by atoms with Gasteiger partial charge in [-0.15, -0.1) is 0 Å². The van der Waals surface area contributed by atoms with Crippen LogP contribution in [0.2, 0.25) is 0 Å². The van der Waals surface area contributed by atoms with Crippen LogP contribution in [0.3, 0.4) is 0 Å². The quantitative estimate of drug-likeness (QED) is 0.115. The van der Waals surface area contributed by atoms with Gasteiger partial charge >= 0.3 is 0 Å². The molecule has 2 atom stereocenters. The van der Waals surface area contributed by atoms with Crippen LogP contribution in [0, 0.1) is 5.41 Å². The third kappa shape index (κ3) is 7.63. The summed E-state index contributed by atoms with van der Waals surface area (Å²) >= 11 is 0. The zero-order chi connectivity index (χ0) is 34.5. The number of halogens is 1. The van der Waals surface area contributed by atoms with Crippen molar-refractivity contribution in [2.24, 2.45) is 11.3 Å². The number of benzene rings is 2. The van der Waals surface area contributed by atoms with Gasteiger partial charge in [0.15, 0.2) is 12.0 Å². The molecule has 3 aliphatic heterocycles. The Balaban J connectivity index is 1.10. The minimum Gasteiger partial charge on any atom is -0.485 e. The molecule has 262 valence electrons. The molecular formula is C34H46FN11O3. The lowest BCUT2D eigenvalue weighted by atomic mass is 9.80. The molecule has 49 heavy (non-hydrogen) atoms. The van der Waals surface area contributed by atoms with Gasteiger partial charge in [0.2, 0.25) is 5.95 Å². The van der Waals surface area contributed by atoms with Gasteiger partial charge in [-0.1, -0.05) is 13.8 Å². The average Bonchev–Trinajstić information content (AvgIpc) is 3.08. The fourth-order valence-corrected chi connectivity index (χ4v) is 6.57. The van der Waals surface area contributed by atoms with Gasteiger partial charge in [-0.2, -0.15) is 4.98 Å². The Labute approximate surface area is 286 Å². The summed E-state index contributed by atoms with van der Waals surface area (Å²) in [5.74, 6) is 6.50. The fourth-order valence-electron chi connectivity index (χ4n) is 6.57. The normalized spacial score (nSPS) is 21.5. The molecule has 0 aliphatic carbocycles. The standard InChI is InChI=1S/C34H46FN11O3/c1-34(2)20-46(32(47)28(43-36)16-37-3)17-26(35)30(34)49-29-10-5-22(15-27(29)38-4)31-39-21-40-33(42-31)41-23-6-8-24(9-7-23)44-11-13-45(14-12-44)25-18-48-19-25/h5-10,15-16,21,25-26,30,37-38,43H,11-14,17-20,36H2,1-4H3,(H,39,40,41,42)/b28-16-/t26-,30-/m1/s1. The maximum absolute atomic E-state index is 15.7. The van der Waals surface area contributed by atoms with Crippen molar-refractivity contribution in [3.05, 3.63) is 60.7 Å². The molecule has 14 nitrogen and oxygen atoms in total. The van der Waals surface area contributed by atoms with Crippen molar-refractivity contribution in [1.29, 1.82) is 0 Å². The Morgan fingerprint density at radius 1 is 1.08 bits per heavy atom. The van der Waals surface area contributed by atoms with Crippen LogP contribution in [0.5, 0.6) is 5.75 Å². The number of likely N-dealkylation sites (tertiary alicyclic amines) is 1. The number of nitrogens with zero attached hydrogens (tertiary/aromatic N) is 6. The molecule has 1 amide bonds. The van der Waals surface area contributed by atoms with Crippen molar-refractivity contribution in [3.8, 4) is 17.1 Å². The predicted octanol–water partition coefficient (Wildman–Crippen LogP) is 2.32. The van der Waals surface area contributed by atoms with E-state index in [2.05, 4.69) is 58.3 Å². The Bertz CT molecular complexity index is 1630. The molecule has 6 N–H and O–H groups in total. The first-order chi connectivity index (χ1) is 23.7. The van der Waals surface area contributed by atoms with Crippen molar-refractivity contribution >= 4 is 28.9 Å². The second kappa shape index (κ2) is 14.8. The van der Waals surface area contributed by atoms with Crippen LogP contribution in [0.4, 0.5) is 27.4 Å². The van der Waals surface area contributed by atoms with Crippen molar-refractivity contribution in [2.75, 3.05) is 82.1 Å². The Kier molecular flexibility index (Phi) is 10.3. The Morgan fingerprint density at radius 3 is 2.47 bits per heavy atom. The highest BCUT2D eigenvalue weighted by Crippen LogP contribution is 2.38. The van der Waals surface area contributed by atoms with Crippen LogP contribution in [-0.2, 0) is 9.53 Å². The highest BCUT2D eigenvalue weighted by atomic mass is 19.1. The summed E-state index contributed by atoms with van der Waals surface area (Å²) in [6, 6.07) is 14.4. The number of piperidine rings is 1. The van der Waals surface area contributed by atoms with Gasteiger partial charge in [0.05, 0.1) is 31.5 Å². The molecule has 1 aromatic heterocycles. The van der Waals surface area contributed by atoms with E-state index in [9.17, 15) is 4.79 Å². The van der Waals surface area contributed by atoms with Gasteiger partial charge in [-0.25, -0.2) is 14.4 Å². The average molecular weight is 676 g/mol. The second-order valence-corrected chi connectivity index (χ2v) is 13.2. The first-order valence-corrected chi connectivity index (χ1v) is 16.6. The third-order valence-corrected chi connectivity index (χ3v) is 9.33. The number of nitrogens with two attached hydrogens (primary N) is 1. The number of piperazine rings is 1. The lowest BCUT2D eigenvalue weighted by Gasteiger charge is -2.45. The maximum atomic E-state index is 15.7. The summed E-state index contributed by atoms with van der Waals surface area (Å²) in [6.45, 7) is 9.71. The molecule has 0 bridgehead atoms. The molecule has 2 aromatic carbocycles. The van der Waals surface area contributed by atoms with E-state index >= 15 is 4.39 Å². The van der Waals surface area contributed by atoms with Gasteiger partial charge in [-0.3, -0.25) is 15.5 Å². The minimum atomic E-state index is -1.44. The maximum Gasteiger partial charge on any atom is 0.272 e. The molecule has 0 unspecified atom stereocenters. The SMILES string of the molecule is CN/C=C(\NN)C(=O)N1C[C@@H](F)[C@@H](Oc2ccc(-c3ncnc(Nc4ccc(N5CCN(C6COC6)CC5)cc4)n3)cc2NC)C(C)(C)C1. The van der Waals surface area contributed by atoms with E-state index < -0.39 is 17.7 Å². The fraction of sp³-hybridized carbons (Fsp3) is 0.471. The lowest BCUT2D eigenvalue weighted by Crippen LogP contribution is -2.59. The number of aromatic nitrogens is 3. The van der Waals surface area contributed by atoms with Gasteiger partial charge in [0.25, 0.3) is 5.91 Å². The number of amides is 1. The molecule has 3 fully saturated rings. The van der Waals surface area contributed by atoms with E-state index in [1.165, 1.54) is 23.1 Å². The molecule has 0 spiro atoms. The zero-order valence-electron chi connectivity index (χ0n) is 28.4. The number of carbonyl (C=O) groups excluding carboxylic acids is 1. The van der Waals surface area contributed by atoms with Crippen molar-refractivity contribution < 1.29 is 18.7 Å². The summed E-state index contributed by atoms with van der Waals surface area (Å²) in [5, 5.41) is 9.22. The van der Waals surface area contributed by atoms with Crippen LogP contribution < -0.4 is 36.9 Å². The zero-order valence-corrected chi connectivity index (χ0v) is 28.4.